The van der Waals surface area contributed by atoms with Crippen molar-refractivity contribution in [2.24, 2.45) is 5.92 Å². The second-order valence-corrected chi connectivity index (χ2v) is 6.42. The summed E-state index contributed by atoms with van der Waals surface area (Å²) in [5, 5.41) is 0. The van der Waals surface area contributed by atoms with E-state index in [-0.39, 0.29) is 30.5 Å². The van der Waals surface area contributed by atoms with Gasteiger partial charge in [0, 0.05) is 26.1 Å². The van der Waals surface area contributed by atoms with Crippen molar-refractivity contribution in [2.75, 3.05) is 31.6 Å². The van der Waals surface area contributed by atoms with E-state index >= 15 is 0 Å². The van der Waals surface area contributed by atoms with Gasteiger partial charge in [0.1, 0.15) is 24.0 Å². The van der Waals surface area contributed by atoms with E-state index in [0.29, 0.717) is 18.9 Å². The van der Waals surface area contributed by atoms with Gasteiger partial charge in [0.25, 0.3) is 0 Å². The van der Waals surface area contributed by atoms with Crippen molar-refractivity contribution in [1.82, 2.24) is 4.90 Å². The number of rotatable bonds is 6. The van der Waals surface area contributed by atoms with Crippen LogP contribution in [0.5, 0.6) is 5.75 Å². The van der Waals surface area contributed by atoms with Crippen LogP contribution in [0.2, 0.25) is 0 Å². The maximum atomic E-state index is 13.9. The van der Waals surface area contributed by atoms with Crippen LogP contribution in [0, 0.1) is 17.6 Å². The van der Waals surface area contributed by atoms with Gasteiger partial charge in [0.2, 0.25) is 11.8 Å². The molecule has 1 unspecified atom stereocenters. The van der Waals surface area contributed by atoms with Crippen LogP contribution in [0.4, 0.5) is 14.5 Å². The smallest absolute Gasteiger partial charge is 0.227 e. The van der Waals surface area contributed by atoms with Gasteiger partial charge in [-0.2, -0.15) is 0 Å². The largest absolute Gasteiger partial charge is 0.492 e. The van der Waals surface area contributed by atoms with Crippen LogP contribution < -0.4 is 9.64 Å². The quantitative estimate of drug-likeness (QED) is 0.781. The van der Waals surface area contributed by atoms with E-state index in [0.717, 1.165) is 12.1 Å². The summed E-state index contributed by atoms with van der Waals surface area (Å²) in [6.07, 6.45) is -0.000464. The van der Waals surface area contributed by atoms with Gasteiger partial charge in [-0.3, -0.25) is 9.59 Å². The number of halogens is 2. The van der Waals surface area contributed by atoms with Gasteiger partial charge in [-0.25, -0.2) is 8.78 Å². The zero-order chi connectivity index (χ0) is 19.4. The van der Waals surface area contributed by atoms with Gasteiger partial charge in [-0.05, 0) is 24.3 Å². The van der Waals surface area contributed by atoms with Crippen LogP contribution in [0.15, 0.2) is 48.5 Å². The number of hydrogen-bond acceptors (Lipinski definition) is 3. The van der Waals surface area contributed by atoms with E-state index < -0.39 is 17.6 Å². The predicted molar refractivity (Wildman–Crippen MR) is 96.4 cm³/mol. The molecule has 2 amide bonds. The standard InChI is InChI=1S/C20H20F2N2O3/c1-23(9-10-27-16-5-3-2-4-6-16)20(26)14-11-19(25)24(13-14)18-8-7-15(21)12-17(18)22/h2-8,12,14H,9-11,13H2,1H3. The lowest BCUT2D eigenvalue weighted by Crippen LogP contribution is -2.37. The highest BCUT2D eigenvalue weighted by Crippen LogP contribution is 2.28. The molecule has 0 aromatic heterocycles. The molecule has 5 nitrogen and oxygen atoms in total. The minimum atomic E-state index is -0.818. The van der Waals surface area contributed by atoms with Crippen LogP contribution in [0.1, 0.15) is 6.42 Å². The second-order valence-electron chi connectivity index (χ2n) is 6.42. The van der Waals surface area contributed by atoms with E-state index in [2.05, 4.69) is 0 Å². The molecule has 0 radical (unpaired) electrons. The Balaban J connectivity index is 1.56. The molecule has 1 fully saturated rings. The molecule has 0 saturated carbocycles. The van der Waals surface area contributed by atoms with Crippen LogP contribution >= 0.6 is 0 Å². The summed E-state index contributed by atoms with van der Waals surface area (Å²) in [6.45, 7) is 0.761. The van der Waals surface area contributed by atoms with Crippen LogP contribution in [-0.2, 0) is 9.59 Å². The van der Waals surface area contributed by atoms with Gasteiger partial charge in [-0.15, -0.1) is 0 Å². The van der Waals surface area contributed by atoms with Crippen molar-refractivity contribution >= 4 is 17.5 Å². The summed E-state index contributed by atoms with van der Waals surface area (Å²) in [7, 11) is 1.64. The molecular formula is C20H20F2N2O3. The number of anilines is 1. The Labute approximate surface area is 156 Å². The van der Waals surface area contributed by atoms with E-state index in [1.807, 2.05) is 30.3 Å². The monoisotopic (exact) mass is 374 g/mol. The average Bonchev–Trinajstić information content (AvgIpc) is 3.03. The fourth-order valence-electron chi connectivity index (χ4n) is 3.05. The first-order valence-electron chi connectivity index (χ1n) is 8.64. The highest BCUT2D eigenvalue weighted by molar-refractivity contribution is 6.00. The van der Waals surface area contributed by atoms with Gasteiger partial charge in [-0.1, -0.05) is 18.2 Å². The van der Waals surface area contributed by atoms with E-state index in [4.69, 9.17) is 4.74 Å². The Hall–Kier alpha value is -2.96. The molecule has 3 rings (SSSR count). The molecule has 2 aromatic rings. The summed E-state index contributed by atoms with van der Waals surface area (Å²) in [5.41, 5.74) is -0.00763. The number of hydrogen-bond donors (Lipinski definition) is 0. The van der Waals surface area contributed by atoms with Crippen molar-refractivity contribution in [2.45, 2.75) is 6.42 Å². The van der Waals surface area contributed by atoms with Gasteiger partial charge in [0.05, 0.1) is 18.2 Å². The maximum absolute atomic E-state index is 13.9. The fourth-order valence-corrected chi connectivity index (χ4v) is 3.05. The number of nitrogens with zero attached hydrogens (tertiary/aromatic N) is 2. The number of carbonyl (C=O) groups excluding carboxylic acids is 2. The molecule has 0 bridgehead atoms. The minimum Gasteiger partial charge on any atom is -0.492 e. The van der Waals surface area contributed by atoms with E-state index in [1.165, 1.54) is 15.9 Å². The van der Waals surface area contributed by atoms with Crippen molar-refractivity contribution in [3.63, 3.8) is 0 Å². The summed E-state index contributed by atoms with van der Waals surface area (Å²) in [6, 6.07) is 12.3. The molecule has 1 saturated heterocycles. The molecule has 7 heteroatoms. The van der Waals surface area contributed by atoms with Crippen molar-refractivity contribution in [3.8, 4) is 5.75 Å². The summed E-state index contributed by atoms with van der Waals surface area (Å²) < 4.78 is 32.6. The fraction of sp³-hybridized carbons (Fsp3) is 0.300. The third-order valence-electron chi connectivity index (χ3n) is 4.49. The SMILES string of the molecule is CN(CCOc1ccccc1)C(=O)C1CC(=O)N(c2ccc(F)cc2F)C1. The molecule has 1 heterocycles. The highest BCUT2D eigenvalue weighted by Gasteiger charge is 2.37. The number of carbonyl (C=O) groups is 2. The molecule has 0 spiro atoms. The normalized spacial score (nSPS) is 16.5. The molecule has 0 N–H and O–H groups in total. The molecule has 1 aliphatic heterocycles. The first kappa shape index (κ1) is 18.8. The zero-order valence-corrected chi connectivity index (χ0v) is 14.9. The summed E-state index contributed by atoms with van der Waals surface area (Å²) in [5.74, 6) is -1.94. The number of benzene rings is 2. The summed E-state index contributed by atoms with van der Waals surface area (Å²) >= 11 is 0. The molecule has 27 heavy (non-hydrogen) atoms. The van der Waals surface area contributed by atoms with Crippen molar-refractivity contribution < 1.29 is 23.1 Å². The first-order chi connectivity index (χ1) is 13.0. The van der Waals surface area contributed by atoms with Crippen molar-refractivity contribution in [1.29, 1.82) is 0 Å². The van der Waals surface area contributed by atoms with Gasteiger partial charge in [0.15, 0.2) is 0 Å². The molecule has 1 atom stereocenters. The van der Waals surface area contributed by atoms with E-state index in [1.54, 1.807) is 7.05 Å². The lowest BCUT2D eigenvalue weighted by molar-refractivity contribution is -0.134. The topological polar surface area (TPSA) is 49.9 Å². The van der Waals surface area contributed by atoms with Gasteiger partial charge < -0.3 is 14.5 Å². The Bertz CT molecular complexity index is 829. The third-order valence-corrected chi connectivity index (χ3v) is 4.49. The van der Waals surface area contributed by atoms with Crippen molar-refractivity contribution in [3.05, 3.63) is 60.2 Å². The Morgan fingerprint density at radius 3 is 2.67 bits per heavy atom. The van der Waals surface area contributed by atoms with Crippen LogP contribution in [0.3, 0.4) is 0 Å². The Morgan fingerprint density at radius 1 is 1.22 bits per heavy atom. The molecule has 1 aliphatic rings. The molecule has 142 valence electrons. The number of likely N-dealkylation sites (N-methyl/N-ethyl adjacent to an activating group) is 1. The summed E-state index contributed by atoms with van der Waals surface area (Å²) in [4.78, 5) is 27.5. The predicted octanol–water partition coefficient (Wildman–Crippen LogP) is 2.86. The zero-order valence-electron chi connectivity index (χ0n) is 14.9. The highest BCUT2D eigenvalue weighted by atomic mass is 19.1. The lowest BCUT2D eigenvalue weighted by Gasteiger charge is -2.21. The first-order valence-corrected chi connectivity index (χ1v) is 8.64. The minimum absolute atomic E-state index is 0.000464. The molecule has 2 aromatic carbocycles. The van der Waals surface area contributed by atoms with Gasteiger partial charge >= 0.3 is 0 Å². The lowest BCUT2D eigenvalue weighted by atomic mass is 10.1. The molecule has 0 aliphatic carbocycles. The number of para-hydroxylation sites is 1. The van der Waals surface area contributed by atoms with Crippen LogP contribution in [-0.4, -0.2) is 43.5 Å². The van der Waals surface area contributed by atoms with E-state index in [9.17, 15) is 18.4 Å². The third kappa shape index (κ3) is 4.42. The van der Waals surface area contributed by atoms with Crippen LogP contribution in [0.25, 0.3) is 0 Å². The number of ether oxygens (including phenoxy) is 1. The second kappa shape index (κ2) is 8.16. The maximum Gasteiger partial charge on any atom is 0.227 e. The Kier molecular flexibility index (Phi) is 5.69. The number of amides is 2. The Morgan fingerprint density at radius 2 is 1.96 bits per heavy atom. The molecular weight excluding hydrogens is 354 g/mol. The average molecular weight is 374 g/mol.